The number of pyridine rings is 1. The van der Waals surface area contributed by atoms with Crippen LogP contribution < -0.4 is 10.3 Å². The first-order chi connectivity index (χ1) is 10.2. The van der Waals surface area contributed by atoms with Gasteiger partial charge in [0.25, 0.3) is 5.56 Å². The molecule has 2 aromatic rings. The molecule has 0 spiro atoms. The third-order valence-corrected chi connectivity index (χ3v) is 3.81. The fourth-order valence-electron chi connectivity index (χ4n) is 2.72. The number of rotatable bonds is 7. The topological polar surface area (TPSA) is 51.5 Å². The van der Waals surface area contributed by atoms with E-state index in [0.29, 0.717) is 17.9 Å². The number of para-hydroxylation sites is 1. The molecule has 0 atom stereocenters. The van der Waals surface area contributed by atoms with Crippen LogP contribution in [0.1, 0.15) is 38.2 Å². The Kier molecular flexibility index (Phi) is 5.39. The Morgan fingerprint density at radius 1 is 1.19 bits per heavy atom. The van der Waals surface area contributed by atoms with Gasteiger partial charge in [0.15, 0.2) is 0 Å². The van der Waals surface area contributed by atoms with Crippen LogP contribution >= 0.6 is 0 Å². The van der Waals surface area contributed by atoms with Crippen LogP contribution in [0.25, 0.3) is 10.9 Å². The van der Waals surface area contributed by atoms with Crippen molar-refractivity contribution in [1.29, 1.82) is 0 Å². The SMILES string of the molecule is CCCCCCn1c(=O)c(CO)c(OC)c2ccccc21. The molecule has 0 aliphatic heterocycles. The maximum Gasteiger partial charge on any atom is 0.260 e. The molecule has 0 fully saturated rings. The van der Waals surface area contributed by atoms with Gasteiger partial charge >= 0.3 is 0 Å². The van der Waals surface area contributed by atoms with Gasteiger partial charge in [0.05, 0.1) is 24.8 Å². The molecule has 1 N–H and O–H groups in total. The number of ether oxygens (including phenoxy) is 1. The Morgan fingerprint density at radius 2 is 1.95 bits per heavy atom. The maximum atomic E-state index is 12.6. The van der Waals surface area contributed by atoms with Gasteiger partial charge in [0.2, 0.25) is 0 Å². The molecule has 0 bridgehead atoms. The number of methoxy groups -OCH3 is 1. The van der Waals surface area contributed by atoms with Crippen molar-refractivity contribution in [2.24, 2.45) is 0 Å². The van der Waals surface area contributed by atoms with Crippen LogP contribution in [0, 0.1) is 0 Å². The highest BCUT2D eigenvalue weighted by Crippen LogP contribution is 2.27. The lowest BCUT2D eigenvalue weighted by atomic mass is 10.1. The Labute approximate surface area is 125 Å². The van der Waals surface area contributed by atoms with Gasteiger partial charge in [-0.05, 0) is 18.6 Å². The highest BCUT2D eigenvalue weighted by molar-refractivity contribution is 5.86. The van der Waals surface area contributed by atoms with E-state index in [1.165, 1.54) is 20.0 Å². The molecule has 1 aromatic carbocycles. The van der Waals surface area contributed by atoms with E-state index < -0.39 is 0 Å². The molecule has 21 heavy (non-hydrogen) atoms. The average molecular weight is 289 g/mol. The highest BCUT2D eigenvalue weighted by atomic mass is 16.5. The summed E-state index contributed by atoms with van der Waals surface area (Å²) in [5, 5.41) is 10.4. The zero-order chi connectivity index (χ0) is 15.2. The second-order valence-electron chi connectivity index (χ2n) is 5.20. The van der Waals surface area contributed by atoms with Gasteiger partial charge < -0.3 is 14.4 Å². The van der Waals surface area contributed by atoms with E-state index in [0.717, 1.165) is 23.7 Å². The van der Waals surface area contributed by atoms with E-state index in [2.05, 4.69) is 6.92 Å². The van der Waals surface area contributed by atoms with Crippen molar-refractivity contribution in [1.82, 2.24) is 4.57 Å². The van der Waals surface area contributed by atoms with Crippen LogP contribution in [0.5, 0.6) is 5.75 Å². The van der Waals surface area contributed by atoms with Crippen molar-refractivity contribution in [2.45, 2.75) is 45.8 Å². The highest BCUT2D eigenvalue weighted by Gasteiger charge is 2.16. The summed E-state index contributed by atoms with van der Waals surface area (Å²) in [4.78, 5) is 12.6. The van der Waals surface area contributed by atoms with Crippen LogP contribution in [0.3, 0.4) is 0 Å². The molecule has 0 amide bonds. The lowest BCUT2D eigenvalue weighted by Gasteiger charge is -2.16. The Bertz CT molecular complexity index is 661. The normalized spacial score (nSPS) is 11.0. The molecular formula is C17H23NO3. The Morgan fingerprint density at radius 3 is 2.62 bits per heavy atom. The number of hydrogen-bond acceptors (Lipinski definition) is 3. The zero-order valence-electron chi connectivity index (χ0n) is 12.8. The number of aromatic nitrogens is 1. The van der Waals surface area contributed by atoms with Crippen molar-refractivity contribution in [3.63, 3.8) is 0 Å². The largest absolute Gasteiger partial charge is 0.495 e. The molecule has 0 aliphatic rings. The summed E-state index contributed by atoms with van der Waals surface area (Å²) in [6.07, 6.45) is 4.42. The third kappa shape index (κ3) is 3.10. The summed E-state index contributed by atoms with van der Waals surface area (Å²) in [5.41, 5.74) is 1.06. The van der Waals surface area contributed by atoms with Crippen molar-refractivity contribution in [3.05, 3.63) is 40.2 Å². The zero-order valence-corrected chi connectivity index (χ0v) is 12.8. The van der Waals surface area contributed by atoms with E-state index in [1.54, 1.807) is 4.57 Å². The molecular weight excluding hydrogens is 266 g/mol. The number of fused-ring (bicyclic) bond motifs is 1. The first-order valence-electron chi connectivity index (χ1n) is 7.53. The lowest BCUT2D eigenvalue weighted by molar-refractivity contribution is 0.271. The molecule has 1 heterocycles. The maximum absolute atomic E-state index is 12.6. The second-order valence-corrected chi connectivity index (χ2v) is 5.20. The summed E-state index contributed by atoms with van der Waals surface area (Å²) in [5.74, 6) is 0.489. The molecule has 1 aromatic heterocycles. The van der Waals surface area contributed by atoms with Gasteiger partial charge in [0.1, 0.15) is 5.75 Å². The Hall–Kier alpha value is -1.81. The number of hydrogen-bond donors (Lipinski definition) is 1. The predicted octanol–water partition coefficient (Wildman–Crippen LogP) is 3.08. The predicted molar refractivity (Wildman–Crippen MR) is 84.8 cm³/mol. The van der Waals surface area contributed by atoms with Crippen molar-refractivity contribution >= 4 is 10.9 Å². The van der Waals surface area contributed by atoms with Crippen LogP contribution in [0.2, 0.25) is 0 Å². The number of benzene rings is 1. The molecule has 2 rings (SSSR count). The molecule has 4 nitrogen and oxygen atoms in total. The van der Waals surface area contributed by atoms with E-state index in [-0.39, 0.29) is 12.2 Å². The molecule has 0 aliphatic carbocycles. The summed E-state index contributed by atoms with van der Waals surface area (Å²) in [6.45, 7) is 2.54. The summed E-state index contributed by atoms with van der Waals surface area (Å²) < 4.78 is 7.12. The third-order valence-electron chi connectivity index (χ3n) is 3.81. The molecule has 0 unspecified atom stereocenters. The van der Waals surface area contributed by atoms with Crippen molar-refractivity contribution < 1.29 is 9.84 Å². The van der Waals surface area contributed by atoms with Crippen LogP contribution in [-0.4, -0.2) is 16.8 Å². The van der Waals surface area contributed by atoms with Crippen molar-refractivity contribution in [3.8, 4) is 5.75 Å². The van der Waals surface area contributed by atoms with Crippen LogP contribution in [-0.2, 0) is 13.2 Å². The van der Waals surface area contributed by atoms with Gasteiger partial charge in [-0.2, -0.15) is 0 Å². The van der Waals surface area contributed by atoms with Crippen LogP contribution in [0.15, 0.2) is 29.1 Å². The average Bonchev–Trinajstić information content (AvgIpc) is 2.52. The fourth-order valence-corrected chi connectivity index (χ4v) is 2.72. The monoisotopic (exact) mass is 289 g/mol. The van der Waals surface area contributed by atoms with E-state index in [4.69, 9.17) is 4.74 Å². The molecule has 0 saturated heterocycles. The van der Waals surface area contributed by atoms with Gasteiger partial charge in [0, 0.05) is 11.9 Å². The minimum Gasteiger partial charge on any atom is -0.495 e. The number of aliphatic hydroxyl groups excluding tert-OH is 1. The lowest BCUT2D eigenvalue weighted by Crippen LogP contribution is -2.25. The number of aliphatic hydroxyl groups is 1. The standard InChI is InChI=1S/C17H23NO3/c1-3-4-5-8-11-18-15-10-7-6-9-13(15)16(21-2)14(12-19)17(18)20/h6-7,9-10,19H,3-5,8,11-12H2,1-2H3. The fraction of sp³-hybridized carbons (Fsp3) is 0.471. The van der Waals surface area contributed by atoms with E-state index in [1.807, 2.05) is 24.3 Å². The smallest absolute Gasteiger partial charge is 0.260 e. The molecule has 0 saturated carbocycles. The van der Waals surface area contributed by atoms with Gasteiger partial charge in [-0.15, -0.1) is 0 Å². The summed E-state index contributed by atoms with van der Waals surface area (Å²) >= 11 is 0. The number of nitrogens with zero attached hydrogens (tertiary/aromatic N) is 1. The summed E-state index contributed by atoms with van der Waals surface area (Å²) in [6, 6.07) is 7.69. The van der Waals surface area contributed by atoms with Crippen LogP contribution in [0.4, 0.5) is 0 Å². The minimum absolute atomic E-state index is 0.149. The molecule has 4 heteroatoms. The Balaban J connectivity index is 2.53. The number of aryl methyl sites for hydroxylation is 1. The number of unbranched alkanes of at least 4 members (excludes halogenated alkanes) is 3. The van der Waals surface area contributed by atoms with Gasteiger partial charge in [-0.3, -0.25) is 4.79 Å². The molecule has 0 radical (unpaired) electrons. The van der Waals surface area contributed by atoms with E-state index >= 15 is 0 Å². The summed E-state index contributed by atoms with van der Waals surface area (Å²) in [7, 11) is 1.53. The van der Waals surface area contributed by atoms with Gasteiger partial charge in [-0.1, -0.05) is 38.3 Å². The minimum atomic E-state index is -0.304. The van der Waals surface area contributed by atoms with Crippen molar-refractivity contribution in [2.75, 3.05) is 7.11 Å². The first-order valence-corrected chi connectivity index (χ1v) is 7.53. The quantitative estimate of drug-likeness (QED) is 0.797. The van der Waals surface area contributed by atoms with E-state index in [9.17, 15) is 9.90 Å². The molecule has 114 valence electrons. The second kappa shape index (κ2) is 7.27. The first kappa shape index (κ1) is 15.6. The van der Waals surface area contributed by atoms with Gasteiger partial charge in [-0.25, -0.2) is 0 Å².